The molecule has 0 spiro atoms. The molecule has 0 aromatic heterocycles. The van der Waals surface area contributed by atoms with Crippen LogP contribution in [0.4, 0.5) is 4.39 Å². The molecule has 3 aromatic carbocycles. The Hall–Kier alpha value is -3.18. The van der Waals surface area contributed by atoms with Crippen LogP contribution in [0.2, 0.25) is 0 Å². The van der Waals surface area contributed by atoms with Gasteiger partial charge in [0.05, 0.1) is 26.4 Å². The van der Waals surface area contributed by atoms with Gasteiger partial charge in [0.2, 0.25) is 0 Å². The lowest BCUT2D eigenvalue weighted by Gasteiger charge is -2.16. The van der Waals surface area contributed by atoms with Crippen LogP contribution in [-0.4, -0.2) is 13.0 Å². The lowest BCUT2D eigenvalue weighted by molar-refractivity contribution is 0.0937. The number of halogens is 1. The van der Waals surface area contributed by atoms with E-state index in [0.29, 0.717) is 24.5 Å². The molecule has 3 aromatic rings. The van der Waals surface area contributed by atoms with Crippen molar-refractivity contribution < 1.29 is 18.7 Å². The van der Waals surface area contributed by atoms with Crippen molar-refractivity contribution in [2.45, 2.75) is 26.2 Å². The van der Waals surface area contributed by atoms with Crippen molar-refractivity contribution in [2.24, 2.45) is 0 Å². The summed E-state index contributed by atoms with van der Waals surface area (Å²) < 4.78 is 24.3. The van der Waals surface area contributed by atoms with Crippen molar-refractivity contribution >= 4 is 5.91 Å². The van der Waals surface area contributed by atoms with E-state index in [4.69, 9.17) is 9.47 Å². The fourth-order valence-electron chi connectivity index (χ4n) is 3.00. The van der Waals surface area contributed by atoms with Crippen LogP contribution in [0.5, 0.6) is 5.75 Å². The number of hydrogen-bond acceptors (Lipinski definition) is 3. The molecule has 0 aliphatic rings. The summed E-state index contributed by atoms with van der Waals surface area (Å²) in [7, 11) is 1.59. The monoisotopic (exact) mass is 393 g/mol. The number of hydrogen-bond donors (Lipinski definition) is 1. The van der Waals surface area contributed by atoms with Crippen LogP contribution < -0.4 is 10.1 Å². The largest absolute Gasteiger partial charge is 0.496 e. The Morgan fingerprint density at radius 3 is 2.41 bits per heavy atom. The van der Waals surface area contributed by atoms with E-state index in [1.807, 2.05) is 37.3 Å². The van der Waals surface area contributed by atoms with Crippen LogP contribution in [0.3, 0.4) is 0 Å². The third kappa shape index (κ3) is 5.65. The SMILES string of the molecule is COc1ccc(C(=O)N[C@H](C)c2ccc(F)cc2)cc1COCc1ccccc1. The molecule has 0 aliphatic carbocycles. The predicted octanol–water partition coefficient (Wildman–Crippen LogP) is 5.04. The second kappa shape index (κ2) is 9.85. The van der Waals surface area contributed by atoms with Gasteiger partial charge in [-0.25, -0.2) is 4.39 Å². The fraction of sp³-hybridized carbons (Fsp3) is 0.208. The van der Waals surface area contributed by atoms with Crippen LogP contribution in [0.25, 0.3) is 0 Å². The molecular formula is C24H24FNO3. The van der Waals surface area contributed by atoms with Crippen LogP contribution in [0, 0.1) is 5.82 Å². The number of benzene rings is 3. The van der Waals surface area contributed by atoms with E-state index in [1.165, 1.54) is 12.1 Å². The smallest absolute Gasteiger partial charge is 0.251 e. The summed E-state index contributed by atoms with van der Waals surface area (Å²) >= 11 is 0. The van der Waals surface area contributed by atoms with Gasteiger partial charge in [-0.05, 0) is 48.4 Å². The Balaban J connectivity index is 1.66. The standard InChI is InChI=1S/C24H24FNO3/c1-17(19-8-11-22(25)12-9-19)26-24(27)20-10-13-23(28-2)21(14-20)16-29-15-18-6-4-3-5-7-18/h3-14,17H,15-16H2,1-2H3,(H,26,27)/t17-/m1/s1. The molecule has 1 atom stereocenters. The number of nitrogens with one attached hydrogen (secondary N) is 1. The third-order valence-corrected chi connectivity index (χ3v) is 4.63. The summed E-state index contributed by atoms with van der Waals surface area (Å²) in [6.07, 6.45) is 0. The molecule has 0 unspecified atom stereocenters. The topological polar surface area (TPSA) is 47.6 Å². The first-order valence-electron chi connectivity index (χ1n) is 9.41. The van der Waals surface area contributed by atoms with Gasteiger partial charge in [-0.15, -0.1) is 0 Å². The van der Waals surface area contributed by atoms with E-state index in [0.717, 1.165) is 16.7 Å². The zero-order valence-corrected chi connectivity index (χ0v) is 16.5. The van der Waals surface area contributed by atoms with E-state index in [-0.39, 0.29) is 17.8 Å². The summed E-state index contributed by atoms with van der Waals surface area (Å²) in [5.74, 6) is 0.151. The quantitative estimate of drug-likeness (QED) is 0.583. The van der Waals surface area contributed by atoms with Crippen molar-refractivity contribution in [1.29, 1.82) is 0 Å². The molecule has 0 saturated carbocycles. The minimum Gasteiger partial charge on any atom is -0.496 e. The van der Waals surface area contributed by atoms with E-state index in [1.54, 1.807) is 37.4 Å². The van der Waals surface area contributed by atoms with Crippen molar-refractivity contribution in [1.82, 2.24) is 5.32 Å². The van der Waals surface area contributed by atoms with Gasteiger partial charge >= 0.3 is 0 Å². The number of carbonyl (C=O) groups is 1. The number of ether oxygens (including phenoxy) is 2. The molecule has 4 nitrogen and oxygen atoms in total. The second-order valence-electron chi connectivity index (χ2n) is 6.75. The number of amides is 1. The van der Waals surface area contributed by atoms with Gasteiger partial charge in [0.25, 0.3) is 5.91 Å². The van der Waals surface area contributed by atoms with Gasteiger partial charge in [0, 0.05) is 11.1 Å². The summed E-state index contributed by atoms with van der Waals surface area (Å²) in [4.78, 5) is 12.7. The van der Waals surface area contributed by atoms with Gasteiger partial charge in [-0.3, -0.25) is 4.79 Å². The van der Waals surface area contributed by atoms with Crippen molar-refractivity contribution in [3.63, 3.8) is 0 Å². The molecule has 1 N–H and O–H groups in total. The summed E-state index contributed by atoms with van der Waals surface area (Å²) in [6.45, 7) is 2.66. The number of carbonyl (C=O) groups excluding carboxylic acids is 1. The molecule has 0 radical (unpaired) electrons. The minimum absolute atomic E-state index is 0.214. The van der Waals surface area contributed by atoms with E-state index in [9.17, 15) is 9.18 Å². The second-order valence-corrected chi connectivity index (χ2v) is 6.75. The highest BCUT2D eigenvalue weighted by atomic mass is 19.1. The van der Waals surface area contributed by atoms with Crippen molar-refractivity contribution in [3.05, 3.63) is 101 Å². The zero-order valence-electron chi connectivity index (χ0n) is 16.5. The molecule has 150 valence electrons. The minimum atomic E-state index is -0.303. The van der Waals surface area contributed by atoms with E-state index < -0.39 is 0 Å². The Bertz CT molecular complexity index is 942. The molecule has 0 fully saturated rings. The molecule has 5 heteroatoms. The fourth-order valence-corrected chi connectivity index (χ4v) is 3.00. The normalized spacial score (nSPS) is 11.7. The van der Waals surface area contributed by atoms with Gasteiger partial charge < -0.3 is 14.8 Å². The van der Waals surface area contributed by atoms with Crippen molar-refractivity contribution in [3.8, 4) is 5.75 Å². The first kappa shape index (κ1) is 20.6. The van der Waals surface area contributed by atoms with Gasteiger partial charge in [-0.2, -0.15) is 0 Å². The van der Waals surface area contributed by atoms with Crippen LogP contribution in [0.15, 0.2) is 72.8 Å². The summed E-state index contributed by atoms with van der Waals surface area (Å²) in [6, 6.07) is 21.0. The Labute approximate surface area is 170 Å². The molecular weight excluding hydrogens is 369 g/mol. The maximum Gasteiger partial charge on any atom is 0.251 e. The third-order valence-electron chi connectivity index (χ3n) is 4.63. The average molecular weight is 393 g/mol. The number of rotatable bonds is 8. The molecule has 0 saturated heterocycles. The average Bonchev–Trinajstić information content (AvgIpc) is 2.74. The maximum absolute atomic E-state index is 13.1. The van der Waals surface area contributed by atoms with Crippen molar-refractivity contribution in [2.75, 3.05) is 7.11 Å². The summed E-state index contributed by atoms with van der Waals surface area (Å²) in [5, 5.41) is 2.94. The van der Waals surface area contributed by atoms with Gasteiger partial charge in [-0.1, -0.05) is 42.5 Å². The van der Waals surface area contributed by atoms with Crippen LogP contribution in [-0.2, 0) is 18.0 Å². The van der Waals surface area contributed by atoms with Gasteiger partial charge in [0.15, 0.2) is 0 Å². The summed E-state index contributed by atoms with van der Waals surface area (Å²) in [5.41, 5.74) is 3.22. The highest BCUT2D eigenvalue weighted by Gasteiger charge is 2.14. The lowest BCUT2D eigenvalue weighted by Crippen LogP contribution is -2.26. The Morgan fingerprint density at radius 2 is 1.72 bits per heavy atom. The molecule has 0 aliphatic heterocycles. The predicted molar refractivity (Wildman–Crippen MR) is 110 cm³/mol. The van der Waals surface area contributed by atoms with E-state index >= 15 is 0 Å². The molecule has 29 heavy (non-hydrogen) atoms. The zero-order chi connectivity index (χ0) is 20.6. The number of methoxy groups -OCH3 is 1. The highest BCUT2D eigenvalue weighted by molar-refractivity contribution is 5.94. The Morgan fingerprint density at radius 1 is 1.00 bits per heavy atom. The van der Waals surface area contributed by atoms with E-state index in [2.05, 4.69) is 5.32 Å². The van der Waals surface area contributed by atoms with Crippen LogP contribution in [0.1, 0.15) is 40.0 Å². The lowest BCUT2D eigenvalue weighted by atomic mass is 10.1. The van der Waals surface area contributed by atoms with Crippen LogP contribution >= 0.6 is 0 Å². The first-order valence-corrected chi connectivity index (χ1v) is 9.41. The van der Waals surface area contributed by atoms with Gasteiger partial charge in [0.1, 0.15) is 11.6 Å². The molecule has 3 rings (SSSR count). The molecule has 0 bridgehead atoms. The Kier molecular flexibility index (Phi) is 6.98. The molecule has 0 heterocycles. The highest BCUT2D eigenvalue weighted by Crippen LogP contribution is 2.22. The first-order chi connectivity index (χ1) is 14.1. The maximum atomic E-state index is 13.1. The molecule has 1 amide bonds.